The standard InChI is InChI=1S/C28H28ClFN2O4S/c29-20-6-8-22(9-7-20)36-18-25-24-11-14-37-26(24)10-12-32(25)27(33)17-31(16-23-5-2-13-35-23)28(34)19-3-1-4-21(30)15-19/h1,3-4,6-9,11,14-15,23,25H,2,5,10,12-13,16-18H2. The number of nitrogens with zero attached hydrogens (tertiary/aromatic N) is 2. The molecule has 3 heterocycles. The Morgan fingerprint density at radius 2 is 2.03 bits per heavy atom. The molecule has 3 aromatic rings. The minimum absolute atomic E-state index is 0.119. The van der Waals surface area contributed by atoms with Crippen LogP contribution in [0, 0.1) is 5.82 Å². The van der Waals surface area contributed by atoms with E-state index in [1.54, 1.807) is 46.6 Å². The van der Waals surface area contributed by atoms with Gasteiger partial charge in [-0.2, -0.15) is 0 Å². The lowest BCUT2D eigenvalue weighted by molar-refractivity contribution is -0.135. The molecule has 0 N–H and O–H groups in total. The van der Waals surface area contributed by atoms with Gasteiger partial charge in [0.05, 0.1) is 12.1 Å². The van der Waals surface area contributed by atoms with E-state index >= 15 is 0 Å². The van der Waals surface area contributed by atoms with Crippen LogP contribution in [0.3, 0.4) is 0 Å². The van der Waals surface area contributed by atoms with Gasteiger partial charge in [0.25, 0.3) is 5.91 Å². The van der Waals surface area contributed by atoms with E-state index in [4.69, 9.17) is 21.1 Å². The Hall–Kier alpha value is -2.94. The van der Waals surface area contributed by atoms with Gasteiger partial charge in [-0.3, -0.25) is 9.59 Å². The highest BCUT2D eigenvalue weighted by Crippen LogP contribution is 2.34. The Morgan fingerprint density at radius 1 is 1.19 bits per heavy atom. The Kier molecular flexibility index (Phi) is 8.08. The molecule has 0 spiro atoms. The van der Waals surface area contributed by atoms with Crippen LogP contribution in [0.15, 0.2) is 60.0 Å². The van der Waals surface area contributed by atoms with Crippen LogP contribution in [0.5, 0.6) is 5.75 Å². The molecule has 2 aliphatic rings. The van der Waals surface area contributed by atoms with E-state index in [0.717, 1.165) is 24.8 Å². The van der Waals surface area contributed by atoms with Crippen LogP contribution in [0.2, 0.25) is 5.02 Å². The first-order valence-corrected chi connectivity index (χ1v) is 13.6. The van der Waals surface area contributed by atoms with Gasteiger partial charge in [-0.1, -0.05) is 17.7 Å². The average Bonchev–Trinajstić information content (AvgIpc) is 3.59. The fourth-order valence-corrected chi connectivity index (χ4v) is 5.95. The largest absolute Gasteiger partial charge is 0.491 e. The molecule has 1 aromatic heterocycles. The van der Waals surface area contributed by atoms with Crippen LogP contribution in [-0.4, -0.2) is 60.6 Å². The number of thiophene rings is 1. The van der Waals surface area contributed by atoms with Crippen LogP contribution in [0.4, 0.5) is 4.39 Å². The molecular formula is C28H28ClFN2O4S. The number of hydrogen-bond acceptors (Lipinski definition) is 5. The molecule has 9 heteroatoms. The SMILES string of the molecule is O=C(c1cccc(F)c1)N(CC(=O)N1CCc2sccc2C1COc1ccc(Cl)cc1)CC1CCCO1. The van der Waals surface area contributed by atoms with Gasteiger partial charge in [-0.25, -0.2) is 4.39 Å². The smallest absolute Gasteiger partial charge is 0.254 e. The van der Waals surface area contributed by atoms with Crippen LogP contribution >= 0.6 is 22.9 Å². The van der Waals surface area contributed by atoms with Crippen molar-refractivity contribution in [1.29, 1.82) is 0 Å². The molecule has 2 aromatic carbocycles. The summed E-state index contributed by atoms with van der Waals surface area (Å²) < 4.78 is 25.7. The zero-order chi connectivity index (χ0) is 25.8. The number of hydrogen-bond donors (Lipinski definition) is 0. The number of halogens is 2. The number of rotatable bonds is 8. The third-order valence-corrected chi connectivity index (χ3v) is 8.02. The molecule has 1 saturated heterocycles. The maximum absolute atomic E-state index is 13.9. The molecule has 2 atom stereocenters. The topological polar surface area (TPSA) is 59.1 Å². The summed E-state index contributed by atoms with van der Waals surface area (Å²) >= 11 is 7.67. The summed E-state index contributed by atoms with van der Waals surface area (Å²) in [6.45, 7) is 1.61. The second-order valence-electron chi connectivity index (χ2n) is 9.25. The van der Waals surface area contributed by atoms with Crippen molar-refractivity contribution >= 4 is 34.8 Å². The number of carbonyl (C=O) groups is 2. The highest BCUT2D eigenvalue weighted by Gasteiger charge is 2.34. The van der Waals surface area contributed by atoms with Gasteiger partial charge in [0.1, 0.15) is 24.7 Å². The van der Waals surface area contributed by atoms with Crippen molar-refractivity contribution < 1.29 is 23.5 Å². The number of ether oxygens (including phenoxy) is 2. The van der Waals surface area contributed by atoms with Crippen molar-refractivity contribution in [3.05, 3.63) is 86.8 Å². The van der Waals surface area contributed by atoms with Gasteiger partial charge in [-0.05, 0) is 78.7 Å². The number of fused-ring (bicyclic) bond motifs is 1. The van der Waals surface area contributed by atoms with Gasteiger partial charge < -0.3 is 19.3 Å². The minimum Gasteiger partial charge on any atom is -0.491 e. The fourth-order valence-electron chi connectivity index (χ4n) is 4.89. The normalized spacial score (nSPS) is 18.9. The van der Waals surface area contributed by atoms with E-state index in [2.05, 4.69) is 0 Å². The van der Waals surface area contributed by atoms with Crippen molar-refractivity contribution in [3.8, 4) is 5.75 Å². The van der Waals surface area contributed by atoms with Gasteiger partial charge >= 0.3 is 0 Å². The minimum atomic E-state index is -0.491. The van der Waals surface area contributed by atoms with E-state index in [9.17, 15) is 14.0 Å². The van der Waals surface area contributed by atoms with Crippen LogP contribution in [0.25, 0.3) is 0 Å². The lowest BCUT2D eigenvalue weighted by Crippen LogP contribution is -2.49. The maximum atomic E-state index is 13.9. The predicted molar refractivity (Wildman–Crippen MR) is 141 cm³/mol. The third-order valence-electron chi connectivity index (χ3n) is 6.77. The van der Waals surface area contributed by atoms with E-state index in [0.29, 0.717) is 23.9 Å². The van der Waals surface area contributed by atoms with Crippen molar-refractivity contribution in [1.82, 2.24) is 9.80 Å². The fraction of sp³-hybridized carbons (Fsp3) is 0.357. The van der Waals surface area contributed by atoms with Gasteiger partial charge in [-0.15, -0.1) is 11.3 Å². The molecule has 1 fully saturated rings. The Bertz CT molecular complexity index is 1240. The molecule has 6 nitrogen and oxygen atoms in total. The first kappa shape index (κ1) is 25.7. The summed E-state index contributed by atoms with van der Waals surface area (Å²) in [4.78, 5) is 31.6. The zero-order valence-corrected chi connectivity index (χ0v) is 21.8. The molecule has 37 heavy (non-hydrogen) atoms. The lowest BCUT2D eigenvalue weighted by Gasteiger charge is -2.37. The summed E-state index contributed by atoms with van der Waals surface area (Å²) in [5, 5.41) is 2.65. The summed E-state index contributed by atoms with van der Waals surface area (Å²) in [5.74, 6) is -0.384. The average molecular weight is 543 g/mol. The van der Waals surface area contributed by atoms with Crippen LogP contribution in [0.1, 0.15) is 39.7 Å². The summed E-state index contributed by atoms with van der Waals surface area (Å²) in [7, 11) is 0. The number of carbonyl (C=O) groups excluding carboxylic acids is 2. The monoisotopic (exact) mass is 542 g/mol. The molecule has 0 aliphatic carbocycles. The van der Waals surface area contributed by atoms with E-state index < -0.39 is 5.82 Å². The summed E-state index contributed by atoms with van der Waals surface area (Å²) in [6.07, 6.45) is 2.34. The molecule has 2 amide bonds. The van der Waals surface area contributed by atoms with Crippen molar-refractivity contribution in [2.24, 2.45) is 0 Å². The molecule has 0 radical (unpaired) electrons. The van der Waals surface area contributed by atoms with Crippen molar-refractivity contribution in [2.75, 3.05) is 32.8 Å². The van der Waals surface area contributed by atoms with Crippen LogP contribution in [-0.2, 0) is 16.0 Å². The van der Waals surface area contributed by atoms with Gasteiger partial charge in [0, 0.05) is 35.2 Å². The van der Waals surface area contributed by atoms with Gasteiger partial charge in [0.15, 0.2) is 0 Å². The first-order chi connectivity index (χ1) is 18.0. The Labute approximate surface area is 224 Å². The van der Waals surface area contributed by atoms with E-state index in [1.807, 2.05) is 11.4 Å². The molecule has 2 aliphatic heterocycles. The van der Waals surface area contributed by atoms with Gasteiger partial charge in [0.2, 0.25) is 5.91 Å². The van der Waals surface area contributed by atoms with Crippen molar-refractivity contribution in [2.45, 2.75) is 31.4 Å². The Balaban J connectivity index is 1.35. The Morgan fingerprint density at radius 3 is 2.78 bits per heavy atom. The summed E-state index contributed by atoms with van der Waals surface area (Å²) in [5.41, 5.74) is 1.29. The lowest BCUT2D eigenvalue weighted by atomic mass is 10.00. The predicted octanol–water partition coefficient (Wildman–Crippen LogP) is 5.37. The highest BCUT2D eigenvalue weighted by molar-refractivity contribution is 7.10. The number of amides is 2. The first-order valence-electron chi connectivity index (χ1n) is 12.4. The van der Waals surface area contributed by atoms with E-state index in [-0.39, 0.29) is 49.2 Å². The highest BCUT2D eigenvalue weighted by atomic mass is 35.5. The molecule has 2 unspecified atom stereocenters. The summed E-state index contributed by atoms with van der Waals surface area (Å²) in [6, 6.07) is 14.4. The zero-order valence-electron chi connectivity index (χ0n) is 20.3. The molecule has 5 rings (SSSR count). The molecular weight excluding hydrogens is 515 g/mol. The number of benzene rings is 2. The maximum Gasteiger partial charge on any atom is 0.254 e. The second-order valence-corrected chi connectivity index (χ2v) is 10.7. The third kappa shape index (κ3) is 6.14. The van der Waals surface area contributed by atoms with Crippen molar-refractivity contribution in [3.63, 3.8) is 0 Å². The molecule has 0 bridgehead atoms. The van der Waals surface area contributed by atoms with E-state index in [1.165, 1.54) is 28.0 Å². The second kappa shape index (κ2) is 11.6. The molecule has 0 saturated carbocycles. The molecule has 194 valence electrons. The quantitative estimate of drug-likeness (QED) is 0.384. The van der Waals surface area contributed by atoms with Crippen LogP contribution < -0.4 is 4.74 Å².